The molecule has 5 nitrogen and oxygen atoms in total. The third kappa shape index (κ3) is 4.21. The van der Waals surface area contributed by atoms with E-state index in [0.717, 1.165) is 31.6 Å². The number of hydrogen-bond acceptors (Lipinski definition) is 4. The minimum Gasteiger partial charge on any atom is -0.481 e. The van der Waals surface area contributed by atoms with Crippen molar-refractivity contribution >= 4 is 39.3 Å². The Morgan fingerprint density at radius 1 is 1.10 bits per heavy atom. The van der Waals surface area contributed by atoms with Gasteiger partial charge in [-0.05, 0) is 55.2 Å². The summed E-state index contributed by atoms with van der Waals surface area (Å²) in [7, 11) is 0. The number of carboxylic acids is 1. The van der Waals surface area contributed by atoms with E-state index in [2.05, 4.69) is 45.5 Å². The van der Waals surface area contributed by atoms with Crippen LogP contribution in [0.5, 0.6) is 0 Å². The number of alkyl carbamates (subject to hydrolysis) is 1. The van der Waals surface area contributed by atoms with Crippen LogP contribution < -0.4 is 5.32 Å². The summed E-state index contributed by atoms with van der Waals surface area (Å²) in [4.78, 5) is 23.7. The molecule has 1 aromatic heterocycles. The molecular weight excluding hydrogens is 454 g/mol. The van der Waals surface area contributed by atoms with Crippen LogP contribution in [0.1, 0.15) is 35.1 Å². The molecule has 148 valence electrons. The Labute approximate surface area is 180 Å². The van der Waals surface area contributed by atoms with Crippen LogP contribution in [0, 0.1) is 0 Å². The molecule has 2 aromatic carbocycles. The molecule has 0 saturated carbocycles. The molecule has 1 heterocycles. The van der Waals surface area contributed by atoms with E-state index in [1.54, 1.807) is 0 Å². The number of thiophene rings is 1. The highest BCUT2D eigenvalue weighted by molar-refractivity contribution is 9.11. The molecule has 0 unspecified atom stereocenters. The Morgan fingerprint density at radius 2 is 1.72 bits per heavy atom. The molecule has 0 aliphatic heterocycles. The zero-order chi connectivity index (χ0) is 20.4. The van der Waals surface area contributed by atoms with E-state index in [1.807, 2.05) is 35.7 Å². The van der Waals surface area contributed by atoms with Crippen LogP contribution in [0.25, 0.3) is 11.1 Å². The molecule has 0 fully saturated rings. The number of rotatable bonds is 6. The molecule has 1 aliphatic rings. The maximum absolute atomic E-state index is 12.5. The van der Waals surface area contributed by atoms with Crippen LogP contribution in [-0.4, -0.2) is 23.8 Å². The van der Waals surface area contributed by atoms with Gasteiger partial charge in [-0.25, -0.2) is 4.79 Å². The Kier molecular flexibility index (Phi) is 5.69. The second-order valence-corrected chi connectivity index (χ2v) is 9.09. The van der Waals surface area contributed by atoms with E-state index in [1.165, 1.54) is 11.3 Å². The average Bonchev–Trinajstić information content (AvgIpc) is 3.27. The molecule has 1 atom stereocenters. The van der Waals surface area contributed by atoms with E-state index in [9.17, 15) is 14.7 Å². The normalized spacial score (nSPS) is 13.4. The van der Waals surface area contributed by atoms with Gasteiger partial charge in [-0.1, -0.05) is 48.5 Å². The van der Waals surface area contributed by atoms with Crippen molar-refractivity contribution in [2.75, 3.05) is 6.61 Å². The summed E-state index contributed by atoms with van der Waals surface area (Å²) in [5.41, 5.74) is 5.31. The monoisotopic (exact) mass is 471 g/mol. The molecule has 0 spiro atoms. The molecule has 0 bridgehead atoms. The smallest absolute Gasteiger partial charge is 0.407 e. The number of hydrogen-bond donors (Lipinski definition) is 2. The number of nitrogens with one attached hydrogen (secondary N) is 1. The summed E-state index contributed by atoms with van der Waals surface area (Å²) in [6, 6.07) is 17.4. The van der Waals surface area contributed by atoms with Gasteiger partial charge in [0.15, 0.2) is 0 Å². The number of benzene rings is 2. The quantitative estimate of drug-likeness (QED) is 0.492. The van der Waals surface area contributed by atoms with E-state index < -0.39 is 18.1 Å². The summed E-state index contributed by atoms with van der Waals surface area (Å²) >= 11 is 4.80. The molecule has 1 amide bonds. The number of fused-ring (bicyclic) bond motifs is 3. The Morgan fingerprint density at radius 3 is 2.28 bits per heavy atom. The van der Waals surface area contributed by atoms with Gasteiger partial charge in [0.2, 0.25) is 0 Å². The number of amides is 1. The Bertz CT molecular complexity index is 1020. The number of aliphatic carboxylic acids is 1. The first kappa shape index (κ1) is 19.7. The highest BCUT2D eigenvalue weighted by Crippen LogP contribution is 2.44. The number of carbonyl (C=O) groups excluding carboxylic acids is 1. The molecule has 4 rings (SSSR count). The van der Waals surface area contributed by atoms with Crippen LogP contribution in [0.4, 0.5) is 4.79 Å². The van der Waals surface area contributed by atoms with E-state index in [0.29, 0.717) is 0 Å². The van der Waals surface area contributed by atoms with Crippen LogP contribution in [-0.2, 0) is 9.53 Å². The van der Waals surface area contributed by atoms with Crippen molar-refractivity contribution in [3.05, 3.63) is 80.5 Å². The maximum atomic E-state index is 12.5. The van der Waals surface area contributed by atoms with Gasteiger partial charge in [0.1, 0.15) is 6.61 Å². The number of carbonyl (C=O) groups is 2. The van der Waals surface area contributed by atoms with Gasteiger partial charge in [-0.2, -0.15) is 0 Å². The molecule has 0 radical (unpaired) electrons. The first-order chi connectivity index (χ1) is 14.0. The van der Waals surface area contributed by atoms with Crippen molar-refractivity contribution in [3.63, 3.8) is 0 Å². The third-order valence-electron chi connectivity index (χ3n) is 5.00. The van der Waals surface area contributed by atoms with Gasteiger partial charge in [0.05, 0.1) is 16.2 Å². The van der Waals surface area contributed by atoms with Gasteiger partial charge in [-0.15, -0.1) is 11.3 Å². The van der Waals surface area contributed by atoms with Crippen molar-refractivity contribution in [1.29, 1.82) is 0 Å². The number of halogens is 1. The molecule has 0 saturated heterocycles. The van der Waals surface area contributed by atoms with Crippen molar-refractivity contribution in [2.45, 2.75) is 18.4 Å². The lowest BCUT2D eigenvalue weighted by Crippen LogP contribution is -2.31. The fourth-order valence-electron chi connectivity index (χ4n) is 3.72. The molecule has 2 N–H and O–H groups in total. The predicted octanol–water partition coefficient (Wildman–Crippen LogP) is 5.57. The molecule has 3 aromatic rings. The standard InChI is InChI=1S/C22H18BrNO4S/c23-20-9-13(12-29-20)19(10-21(25)26)24-22(27)28-11-18-16-7-3-1-5-14(16)15-6-2-4-8-17(15)18/h1-9,12,18-19H,10-11H2,(H,24,27)(H,25,26)/t19-/m1/s1. The summed E-state index contributed by atoms with van der Waals surface area (Å²) in [5.74, 6) is -1.03. The van der Waals surface area contributed by atoms with Crippen LogP contribution >= 0.6 is 27.3 Å². The van der Waals surface area contributed by atoms with Gasteiger partial charge in [0.25, 0.3) is 0 Å². The topological polar surface area (TPSA) is 75.6 Å². The number of carboxylic acid groups (broad SMARTS) is 1. The van der Waals surface area contributed by atoms with Crippen LogP contribution in [0.3, 0.4) is 0 Å². The van der Waals surface area contributed by atoms with E-state index in [4.69, 9.17) is 4.74 Å². The molecule has 7 heteroatoms. The molecule has 29 heavy (non-hydrogen) atoms. The zero-order valence-corrected chi connectivity index (χ0v) is 17.7. The Hall–Kier alpha value is -2.64. The lowest BCUT2D eigenvalue weighted by atomic mass is 9.98. The first-order valence-corrected chi connectivity index (χ1v) is 10.8. The van der Waals surface area contributed by atoms with Gasteiger partial charge < -0.3 is 15.2 Å². The summed E-state index contributed by atoms with van der Waals surface area (Å²) in [6.07, 6.45) is -0.840. The van der Waals surface area contributed by atoms with Crippen LogP contribution in [0.15, 0.2) is 63.8 Å². The van der Waals surface area contributed by atoms with Crippen molar-refractivity contribution in [1.82, 2.24) is 5.32 Å². The summed E-state index contributed by atoms with van der Waals surface area (Å²) in [5, 5.41) is 13.7. The predicted molar refractivity (Wildman–Crippen MR) is 115 cm³/mol. The summed E-state index contributed by atoms with van der Waals surface area (Å²) in [6.45, 7) is 0.187. The van der Waals surface area contributed by atoms with Crippen molar-refractivity contribution in [3.8, 4) is 11.1 Å². The third-order valence-corrected chi connectivity index (χ3v) is 6.53. The van der Waals surface area contributed by atoms with Gasteiger partial charge >= 0.3 is 12.1 Å². The second kappa shape index (κ2) is 8.39. The van der Waals surface area contributed by atoms with E-state index >= 15 is 0 Å². The first-order valence-electron chi connectivity index (χ1n) is 9.10. The second-order valence-electron chi connectivity index (χ2n) is 6.80. The van der Waals surface area contributed by atoms with Gasteiger partial charge in [0, 0.05) is 5.92 Å². The Balaban J connectivity index is 1.47. The molecule has 1 aliphatic carbocycles. The van der Waals surface area contributed by atoms with E-state index in [-0.39, 0.29) is 18.9 Å². The SMILES string of the molecule is O=C(O)C[C@@H](NC(=O)OCC1c2ccccc2-c2ccccc21)c1csc(Br)c1. The van der Waals surface area contributed by atoms with Crippen molar-refractivity contribution in [2.24, 2.45) is 0 Å². The zero-order valence-electron chi connectivity index (χ0n) is 15.3. The number of ether oxygens (including phenoxy) is 1. The minimum atomic E-state index is -0.990. The fourth-order valence-corrected chi connectivity index (χ4v) is 4.95. The lowest BCUT2D eigenvalue weighted by Gasteiger charge is -2.18. The summed E-state index contributed by atoms with van der Waals surface area (Å²) < 4.78 is 6.40. The van der Waals surface area contributed by atoms with Crippen LogP contribution in [0.2, 0.25) is 0 Å². The van der Waals surface area contributed by atoms with Crippen molar-refractivity contribution < 1.29 is 19.4 Å². The minimum absolute atomic E-state index is 0.0404. The molecular formula is C22H18BrNO4S. The fraction of sp³-hybridized carbons (Fsp3) is 0.182. The van der Waals surface area contributed by atoms with Gasteiger partial charge in [-0.3, -0.25) is 4.79 Å². The largest absolute Gasteiger partial charge is 0.481 e. The highest BCUT2D eigenvalue weighted by Gasteiger charge is 2.29. The highest BCUT2D eigenvalue weighted by atomic mass is 79.9. The lowest BCUT2D eigenvalue weighted by molar-refractivity contribution is -0.137. The average molecular weight is 472 g/mol. The maximum Gasteiger partial charge on any atom is 0.407 e.